The first-order valence-corrected chi connectivity index (χ1v) is 5.57. The van der Waals surface area contributed by atoms with Gasteiger partial charge in [0.15, 0.2) is 0 Å². The molecule has 1 aromatic carbocycles. The summed E-state index contributed by atoms with van der Waals surface area (Å²) in [6.45, 7) is 2.50. The maximum Gasteiger partial charge on any atom is 0.340 e. The van der Waals surface area contributed by atoms with Gasteiger partial charge in [-0.15, -0.1) is 0 Å². The van der Waals surface area contributed by atoms with Crippen LogP contribution in [0, 0.1) is 0 Å². The molecule has 6 nitrogen and oxygen atoms in total. The highest BCUT2D eigenvalue weighted by atomic mass is 16.5. The molecule has 18 heavy (non-hydrogen) atoms. The first kappa shape index (κ1) is 13.8. The number of likely N-dealkylation sites (N-methyl/N-ethyl adjacent to an activating group) is 1. The van der Waals surface area contributed by atoms with E-state index >= 15 is 0 Å². The van der Waals surface area contributed by atoms with E-state index in [1.54, 1.807) is 18.2 Å². The summed E-state index contributed by atoms with van der Waals surface area (Å²) in [4.78, 5) is 22.7. The molecule has 0 atom stereocenters. The van der Waals surface area contributed by atoms with Gasteiger partial charge < -0.3 is 21.1 Å². The molecule has 0 aliphatic heterocycles. The molecular weight excluding hydrogens is 234 g/mol. The van der Waals surface area contributed by atoms with Gasteiger partial charge in [0, 0.05) is 6.54 Å². The normalized spacial score (nSPS) is 9.67. The number of anilines is 2. The predicted molar refractivity (Wildman–Crippen MR) is 69.4 cm³/mol. The van der Waals surface area contributed by atoms with E-state index in [1.807, 2.05) is 6.92 Å². The van der Waals surface area contributed by atoms with Crippen molar-refractivity contribution in [2.45, 2.75) is 6.92 Å². The Morgan fingerprint density at radius 1 is 1.39 bits per heavy atom. The van der Waals surface area contributed by atoms with Gasteiger partial charge in [-0.25, -0.2) is 4.79 Å². The number of carbonyl (C=O) groups is 2. The van der Waals surface area contributed by atoms with Crippen molar-refractivity contribution in [3.8, 4) is 0 Å². The van der Waals surface area contributed by atoms with Crippen LogP contribution in [0.15, 0.2) is 18.2 Å². The van der Waals surface area contributed by atoms with Crippen molar-refractivity contribution in [3.05, 3.63) is 23.8 Å². The monoisotopic (exact) mass is 251 g/mol. The Morgan fingerprint density at radius 2 is 2.11 bits per heavy atom. The van der Waals surface area contributed by atoms with Crippen LogP contribution in [0.25, 0.3) is 0 Å². The number of carbonyl (C=O) groups excluding carboxylic acids is 2. The van der Waals surface area contributed by atoms with Crippen molar-refractivity contribution in [3.63, 3.8) is 0 Å². The minimum Gasteiger partial charge on any atom is -0.465 e. The standard InChI is InChI=1S/C12H17N3O3/c1-3-14-10(16)7-15-9-6-4-5-8(11(9)13)12(17)18-2/h4-6,15H,3,7,13H2,1-2H3,(H,14,16). The molecule has 1 rings (SSSR count). The molecule has 0 heterocycles. The zero-order valence-corrected chi connectivity index (χ0v) is 10.4. The molecular formula is C12H17N3O3. The number of methoxy groups -OCH3 is 1. The minimum absolute atomic E-state index is 0.0999. The third-order valence-electron chi connectivity index (χ3n) is 2.32. The van der Waals surface area contributed by atoms with Gasteiger partial charge in [-0.3, -0.25) is 4.79 Å². The number of benzene rings is 1. The van der Waals surface area contributed by atoms with Gasteiger partial charge in [-0.2, -0.15) is 0 Å². The molecule has 1 amide bonds. The number of hydrogen-bond donors (Lipinski definition) is 3. The van der Waals surface area contributed by atoms with Crippen molar-refractivity contribution in [2.75, 3.05) is 31.2 Å². The summed E-state index contributed by atoms with van der Waals surface area (Å²) in [6, 6.07) is 4.93. The quantitative estimate of drug-likeness (QED) is 0.526. The number of amides is 1. The van der Waals surface area contributed by atoms with Gasteiger partial charge in [0.2, 0.25) is 5.91 Å². The Balaban J connectivity index is 2.78. The highest BCUT2D eigenvalue weighted by Crippen LogP contribution is 2.22. The topological polar surface area (TPSA) is 93.5 Å². The third kappa shape index (κ3) is 3.38. The molecule has 0 aliphatic carbocycles. The van der Waals surface area contributed by atoms with E-state index in [0.29, 0.717) is 12.2 Å². The summed E-state index contributed by atoms with van der Waals surface area (Å²) in [7, 11) is 1.29. The Hall–Kier alpha value is -2.24. The Labute approximate surface area is 105 Å². The Bertz CT molecular complexity index is 446. The van der Waals surface area contributed by atoms with Crippen LogP contribution >= 0.6 is 0 Å². The number of para-hydroxylation sites is 1. The molecule has 0 aliphatic rings. The largest absolute Gasteiger partial charge is 0.465 e. The van der Waals surface area contributed by atoms with Crippen LogP contribution < -0.4 is 16.4 Å². The van der Waals surface area contributed by atoms with E-state index in [1.165, 1.54) is 7.11 Å². The smallest absolute Gasteiger partial charge is 0.340 e. The second-order valence-electron chi connectivity index (χ2n) is 3.57. The molecule has 0 unspecified atom stereocenters. The van der Waals surface area contributed by atoms with Gasteiger partial charge in [0.1, 0.15) is 0 Å². The van der Waals surface area contributed by atoms with Crippen LogP contribution in [0.3, 0.4) is 0 Å². The molecule has 0 fully saturated rings. The molecule has 98 valence electrons. The fourth-order valence-electron chi connectivity index (χ4n) is 1.44. The van der Waals surface area contributed by atoms with Crippen molar-refractivity contribution in [1.29, 1.82) is 0 Å². The third-order valence-corrected chi connectivity index (χ3v) is 2.32. The number of hydrogen-bond acceptors (Lipinski definition) is 5. The second-order valence-corrected chi connectivity index (χ2v) is 3.57. The van der Waals surface area contributed by atoms with Crippen molar-refractivity contribution < 1.29 is 14.3 Å². The number of esters is 1. The van der Waals surface area contributed by atoms with Crippen molar-refractivity contribution in [1.82, 2.24) is 5.32 Å². The molecule has 0 radical (unpaired) electrons. The highest BCUT2D eigenvalue weighted by Gasteiger charge is 2.12. The highest BCUT2D eigenvalue weighted by molar-refractivity contribution is 5.98. The second kappa shape index (κ2) is 6.48. The molecule has 4 N–H and O–H groups in total. The van der Waals surface area contributed by atoms with E-state index in [-0.39, 0.29) is 23.7 Å². The zero-order chi connectivity index (χ0) is 13.5. The van der Waals surface area contributed by atoms with Crippen LogP contribution in [0.2, 0.25) is 0 Å². The molecule has 1 aromatic rings. The van der Waals surface area contributed by atoms with Gasteiger partial charge in [-0.1, -0.05) is 6.07 Å². The first-order valence-electron chi connectivity index (χ1n) is 5.57. The van der Waals surface area contributed by atoms with E-state index < -0.39 is 5.97 Å². The average Bonchev–Trinajstić information content (AvgIpc) is 2.37. The van der Waals surface area contributed by atoms with E-state index in [2.05, 4.69) is 15.4 Å². The zero-order valence-electron chi connectivity index (χ0n) is 10.4. The average molecular weight is 251 g/mol. The number of nitrogens with one attached hydrogen (secondary N) is 2. The number of nitrogens with two attached hydrogens (primary N) is 1. The van der Waals surface area contributed by atoms with Gasteiger partial charge in [0.05, 0.1) is 30.6 Å². The lowest BCUT2D eigenvalue weighted by Crippen LogP contribution is -2.29. The molecule has 0 bridgehead atoms. The van der Waals surface area contributed by atoms with E-state index in [9.17, 15) is 9.59 Å². The van der Waals surface area contributed by atoms with E-state index in [4.69, 9.17) is 5.73 Å². The fourth-order valence-corrected chi connectivity index (χ4v) is 1.44. The van der Waals surface area contributed by atoms with Crippen LogP contribution in [0.4, 0.5) is 11.4 Å². The summed E-state index contributed by atoms with van der Waals surface area (Å²) in [5.41, 5.74) is 6.90. The molecule has 0 saturated heterocycles. The summed E-state index contributed by atoms with van der Waals surface area (Å²) in [6.07, 6.45) is 0. The first-order chi connectivity index (χ1) is 8.60. The van der Waals surface area contributed by atoms with Crippen molar-refractivity contribution >= 4 is 23.3 Å². The van der Waals surface area contributed by atoms with Crippen LogP contribution in [0.1, 0.15) is 17.3 Å². The minimum atomic E-state index is -0.505. The lowest BCUT2D eigenvalue weighted by molar-refractivity contribution is -0.119. The number of rotatable bonds is 5. The Kier molecular flexibility index (Phi) is 4.98. The molecule has 0 aromatic heterocycles. The number of nitrogen functional groups attached to an aromatic ring is 1. The summed E-state index contributed by atoms with van der Waals surface area (Å²) in [5.74, 6) is -0.644. The summed E-state index contributed by atoms with van der Waals surface area (Å²) in [5, 5.41) is 5.52. The Morgan fingerprint density at radius 3 is 2.72 bits per heavy atom. The SMILES string of the molecule is CCNC(=O)CNc1cccc(C(=O)OC)c1N. The van der Waals surface area contributed by atoms with Crippen molar-refractivity contribution in [2.24, 2.45) is 0 Å². The van der Waals surface area contributed by atoms with Crippen LogP contribution in [0.5, 0.6) is 0 Å². The van der Waals surface area contributed by atoms with Gasteiger partial charge in [0.25, 0.3) is 0 Å². The fraction of sp³-hybridized carbons (Fsp3) is 0.333. The van der Waals surface area contributed by atoms with Gasteiger partial charge >= 0.3 is 5.97 Å². The lowest BCUT2D eigenvalue weighted by Gasteiger charge is -2.11. The van der Waals surface area contributed by atoms with E-state index in [0.717, 1.165) is 0 Å². The molecule has 0 saturated carbocycles. The molecule has 0 spiro atoms. The van der Waals surface area contributed by atoms with Gasteiger partial charge in [-0.05, 0) is 19.1 Å². The lowest BCUT2D eigenvalue weighted by atomic mass is 10.1. The maximum absolute atomic E-state index is 11.4. The maximum atomic E-state index is 11.4. The number of ether oxygens (including phenoxy) is 1. The summed E-state index contributed by atoms with van der Waals surface area (Å²) < 4.78 is 4.61. The summed E-state index contributed by atoms with van der Waals surface area (Å²) >= 11 is 0. The van der Waals surface area contributed by atoms with Crippen LogP contribution in [-0.4, -0.2) is 32.1 Å². The molecule has 6 heteroatoms. The van der Waals surface area contributed by atoms with Crippen LogP contribution in [-0.2, 0) is 9.53 Å². The predicted octanol–water partition coefficient (Wildman–Crippen LogP) is 0.603.